The third kappa shape index (κ3) is 3.95. The van der Waals surface area contributed by atoms with Crippen LogP contribution in [0, 0.1) is 12.8 Å². The molecule has 0 saturated carbocycles. The minimum atomic E-state index is -0.283. The molecule has 0 spiro atoms. The molecular formula is C24H26N6O2. The standard InChI is InChI=1S/C24H26N6O2/c1-18-4-6-20(7-5-18)30-16-19(14-23(30)31)24(32)29-12-10-28(11-13-29)22-15-21(25-17-26-22)27-8-2-3-9-27/h2-9,15,17,19H,10-14,16H2,1H3. The molecule has 1 aromatic carbocycles. The highest BCUT2D eigenvalue weighted by Gasteiger charge is 2.38. The van der Waals surface area contributed by atoms with Crippen molar-refractivity contribution in [2.24, 2.45) is 5.92 Å². The third-order valence-electron chi connectivity index (χ3n) is 6.24. The molecule has 2 aliphatic heterocycles. The molecule has 0 bridgehead atoms. The van der Waals surface area contributed by atoms with E-state index < -0.39 is 0 Å². The van der Waals surface area contributed by atoms with Gasteiger partial charge in [-0.25, -0.2) is 9.97 Å². The van der Waals surface area contributed by atoms with Crippen LogP contribution in [0.2, 0.25) is 0 Å². The van der Waals surface area contributed by atoms with Crippen molar-refractivity contribution >= 4 is 23.3 Å². The number of piperazine rings is 1. The lowest BCUT2D eigenvalue weighted by Crippen LogP contribution is -2.51. The zero-order valence-corrected chi connectivity index (χ0v) is 18.1. The highest BCUT2D eigenvalue weighted by atomic mass is 16.2. The predicted octanol–water partition coefficient (Wildman–Crippen LogP) is 2.28. The molecule has 164 valence electrons. The Bertz CT molecular complexity index is 1100. The number of hydrogen-bond acceptors (Lipinski definition) is 5. The molecule has 32 heavy (non-hydrogen) atoms. The fourth-order valence-electron chi connectivity index (χ4n) is 4.40. The summed E-state index contributed by atoms with van der Waals surface area (Å²) in [6, 6.07) is 13.8. The summed E-state index contributed by atoms with van der Waals surface area (Å²) >= 11 is 0. The van der Waals surface area contributed by atoms with Gasteiger partial charge in [-0.05, 0) is 31.2 Å². The maximum absolute atomic E-state index is 13.1. The molecule has 2 fully saturated rings. The summed E-state index contributed by atoms with van der Waals surface area (Å²) in [6.45, 7) is 5.12. The molecule has 0 aliphatic carbocycles. The number of rotatable bonds is 4. The van der Waals surface area contributed by atoms with E-state index in [1.807, 2.05) is 71.2 Å². The molecule has 8 nitrogen and oxygen atoms in total. The van der Waals surface area contributed by atoms with E-state index in [0.29, 0.717) is 32.7 Å². The van der Waals surface area contributed by atoms with Gasteiger partial charge in [-0.3, -0.25) is 9.59 Å². The van der Waals surface area contributed by atoms with Gasteiger partial charge in [0.05, 0.1) is 5.92 Å². The fraction of sp³-hybridized carbons (Fsp3) is 0.333. The number of aromatic nitrogens is 3. The number of amides is 2. The number of carbonyl (C=O) groups excluding carboxylic acids is 2. The summed E-state index contributed by atoms with van der Waals surface area (Å²) < 4.78 is 1.95. The molecule has 5 rings (SSSR count). The molecule has 2 aliphatic rings. The Morgan fingerprint density at radius 3 is 2.38 bits per heavy atom. The number of aryl methyl sites for hydroxylation is 1. The molecule has 1 unspecified atom stereocenters. The number of hydrogen-bond donors (Lipinski definition) is 0. The molecule has 2 amide bonds. The van der Waals surface area contributed by atoms with Gasteiger partial charge in [0, 0.05) is 63.3 Å². The Hall–Kier alpha value is -3.68. The van der Waals surface area contributed by atoms with Crippen molar-refractivity contribution in [3.8, 4) is 5.82 Å². The van der Waals surface area contributed by atoms with E-state index in [2.05, 4.69) is 14.9 Å². The van der Waals surface area contributed by atoms with Gasteiger partial charge in [0.2, 0.25) is 11.8 Å². The summed E-state index contributed by atoms with van der Waals surface area (Å²) in [5.74, 6) is 1.49. The van der Waals surface area contributed by atoms with Crippen LogP contribution in [0.5, 0.6) is 0 Å². The smallest absolute Gasteiger partial charge is 0.228 e. The van der Waals surface area contributed by atoms with Crippen LogP contribution in [0.1, 0.15) is 12.0 Å². The maximum Gasteiger partial charge on any atom is 0.228 e. The van der Waals surface area contributed by atoms with Crippen LogP contribution in [-0.2, 0) is 9.59 Å². The Morgan fingerprint density at radius 1 is 0.969 bits per heavy atom. The van der Waals surface area contributed by atoms with Crippen LogP contribution in [0.3, 0.4) is 0 Å². The second-order valence-electron chi connectivity index (χ2n) is 8.38. The number of nitrogens with zero attached hydrogens (tertiary/aromatic N) is 6. The molecule has 2 saturated heterocycles. The summed E-state index contributed by atoms with van der Waals surface area (Å²) in [6.07, 6.45) is 5.75. The molecule has 3 aromatic rings. The van der Waals surface area contributed by atoms with Crippen LogP contribution in [0.4, 0.5) is 11.5 Å². The first-order valence-electron chi connectivity index (χ1n) is 10.9. The summed E-state index contributed by atoms with van der Waals surface area (Å²) in [5, 5.41) is 0. The fourth-order valence-corrected chi connectivity index (χ4v) is 4.40. The van der Waals surface area contributed by atoms with E-state index in [1.54, 1.807) is 11.2 Å². The molecule has 2 aromatic heterocycles. The number of anilines is 2. The normalized spacial score (nSPS) is 19.0. The van der Waals surface area contributed by atoms with Crippen LogP contribution in [0.25, 0.3) is 5.82 Å². The summed E-state index contributed by atoms with van der Waals surface area (Å²) in [7, 11) is 0. The number of carbonyl (C=O) groups is 2. The average Bonchev–Trinajstić information content (AvgIpc) is 3.50. The van der Waals surface area contributed by atoms with Crippen molar-refractivity contribution in [3.05, 3.63) is 66.7 Å². The molecule has 8 heteroatoms. The topological polar surface area (TPSA) is 74.6 Å². The van der Waals surface area contributed by atoms with E-state index in [9.17, 15) is 9.59 Å². The van der Waals surface area contributed by atoms with Gasteiger partial charge in [0.1, 0.15) is 18.0 Å². The van der Waals surface area contributed by atoms with Gasteiger partial charge in [-0.1, -0.05) is 17.7 Å². The SMILES string of the molecule is Cc1ccc(N2CC(C(=O)N3CCN(c4cc(-n5cccc5)ncn4)CC3)CC2=O)cc1. The van der Waals surface area contributed by atoms with E-state index in [-0.39, 0.29) is 24.2 Å². The van der Waals surface area contributed by atoms with E-state index in [0.717, 1.165) is 22.9 Å². The molecule has 4 heterocycles. The van der Waals surface area contributed by atoms with Crippen LogP contribution in [-0.4, -0.2) is 64.0 Å². The zero-order valence-electron chi connectivity index (χ0n) is 18.1. The van der Waals surface area contributed by atoms with Crippen molar-refractivity contribution in [1.29, 1.82) is 0 Å². The van der Waals surface area contributed by atoms with Crippen molar-refractivity contribution in [2.45, 2.75) is 13.3 Å². The molecular weight excluding hydrogens is 404 g/mol. The lowest BCUT2D eigenvalue weighted by atomic mass is 10.1. The molecule has 0 radical (unpaired) electrons. The largest absolute Gasteiger partial charge is 0.353 e. The maximum atomic E-state index is 13.1. The van der Waals surface area contributed by atoms with Crippen LogP contribution >= 0.6 is 0 Å². The Kier molecular flexibility index (Phi) is 5.34. The van der Waals surface area contributed by atoms with Crippen LogP contribution in [0.15, 0.2) is 61.2 Å². The average molecular weight is 431 g/mol. The van der Waals surface area contributed by atoms with Gasteiger partial charge in [-0.2, -0.15) is 0 Å². The Labute approximate surface area is 187 Å². The van der Waals surface area contributed by atoms with Gasteiger partial charge in [0.25, 0.3) is 0 Å². The zero-order chi connectivity index (χ0) is 22.1. The summed E-state index contributed by atoms with van der Waals surface area (Å²) in [4.78, 5) is 40.3. The van der Waals surface area contributed by atoms with E-state index >= 15 is 0 Å². The summed E-state index contributed by atoms with van der Waals surface area (Å²) in [5.41, 5.74) is 2.01. The first-order chi connectivity index (χ1) is 15.6. The highest BCUT2D eigenvalue weighted by molar-refractivity contribution is 6.00. The minimum absolute atomic E-state index is 0.0179. The van der Waals surface area contributed by atoms with Crippen molar-refractivity contribution in [3.63, 3.8) is 0 Å². The second kappa shape index (κ2) is 8.45. The molecule has 0 N–H and O–H groups in total. The van der Waals surface area contributed by atoms with Gasteiger partial charge >= 0.3 is 0 Å². The minimum Gasteiger partial charge on any atom is -0.353 e. The Morgan fingerprint density at radius 2 is 1.66 bits per heavy atom. The Balaban J connectivity index is 1.20. The first-order valence-corrected chi connectivity index (χ1v) is 10.9. The first kappa shape index (κ1) is 20.2. The van der Waals surface area contributed by atoms with Gasteiger partial charge < -0.3 is 19.3 Å². The monoisotopic (exact) mass is 430 g/mol. The van der Waals surface area contributed by atoms with Gasteiger partial charge in [-0.15, -0.1) is 0 Å². The lowest BCUT2D eigenvalue weighted by Gasteiger charge is -2.36. The van der Waals surface area contributed by atoms with Crippen molar-refractivity contribution in [1.82, 2.24) is 19.4 Å². The second-order valence-corrected chi connectivity index (χ2v) is 8.38. The lowest BCUT2D eigenvalue weighted by molar-refractivity contribution is -0.136. The predicted molar refractivity (Wildman–Crippen MR) is 122 cm³/mol. The molecule has 1 atom stereocenters. The highest BCUT2D eigenvalue weighted by Crippen LogP contribution is 2.27. The van der Waals surface area contributed by atoms with E-state index in [4.69, 9.17) is 0 Å². The van der Waals surface area contributed by atoms with Crippen molar-refractivity contribution < 1.29 is 9.59 Å². The van der Waals surface area contributed by atoms with Crippen LogP contribution < -0.4 is 9.80 Å². The number of benzene rings is 1. The van der Waals surface area contributed by atoms with E-state index in [1.165, 1.54) is 0 Å². The third-order valence-corrected chi connectivity index (χ3v) is 6.24. The quantitative estimate of drug-likeness (QED) is 0.635. The van der Waals surface area contributed by atoms with Gasteiger partial charge in [0.15, 0.2) is 0 Å². The van der Waals surface area contributed by atoms with Crippen molar-refractivity contribution in [2.75, 3.05) is 42.5 Å².